The lowest BCUT2D eigenvalue weighted by molar-refractivity contribution is 0.0651. The Hall–Kier alpha value is -1.42. The van der Waals surface area contributed by atoms with Crippen molar-refractivity contribution in [3.8, 4) is 0 Å². The van der Waals surface area contributed by atoms with Gasteiger partial charge < -0.3 is 10.6 Å². The van der Waals surface area contributed by atoms with Gasteiger partial charge in [-0.15, -0.1) is 0 Å². The molecule has 1 unspecified atom stereocenters. The van der Waals surface area contributed by atoms with Crippen LogP contribution in [0.5, 0.6) is 0 Å². The monoisotopic (exact) mass is 236 g/mol. The Balaban J connectivity index is 2.23. The Morgan fingerprint density at radius 1 is 1.41 bits per heavy atom. The summed E-state index contributed by atoms with van der Waals surface area (Å²) in [4.78, 5) is 14.0. The molecule has 0 radical (unpaired) electrons. The number of nitrogens with two attached hydrogens (primary N) is 1. The fourth-order valence-electron chi connectivity index (χ4n) is 2.40. The van der Waals surface area contributed by atoms with Crippen LogP contribution in [-0.2, 0) is 0 Å². The third kappa shape index (κ3) is 2.31. The third-order valence-electron chi connectivity index (χ3n) is 3.25. The van der Waals surface area contributed by atoms with Gasteiger partial charge in [-0.2, -0.15) is 0 Å². The fraction of sp³-hybridized carbons (Fsp3) is 0.462. The lowest BCUT2D eigenvalue weighted by atomic mass is 10.00. The van der Waals surface area contributed by atoms with E-state index in [2.05, 4.69) is 0 Å². The maximum Gasteiger partial charge on any atom is 0.254 e. The minimum atomic E-state index is -0.334. The molecule has 0 spiro atoms. The average Bonchev–Trinajstić information content (AvgIpc) is 2.52. The predicted octanol–water partition coefficient (Wildman–Crippen LogP) is 1.78. The molecule has 1 aliphatic heterocycles. The molecule has 17 heavy (non-hydrogen) atoms. The van der Waals surface area contributed by atoms with Crippen LogP contribution in [0.3, 0.4) is 0 Å². The minimum Gasteiger partial charge on any atom is -0.332 e. The van der Waals surface area contributed by atoms with E-state index in [4.69, 9.17) is 5.73 Å². The van der Waals surface area contributed by atoms with Gasteiger partial charge in [-0.3, -0.25) is 4.79 Å². The molecule has 1 aromatic rings. The number of carbonyl (C=O) groups excluding carboxylic acids is 1. The minimum absolute atomic E-state index is 0.0226. The standard InChI is InChI=1S/C13H17FN2O/c1-13(2)7-11(15)8-16(13)12(17)9-3-5-10(14)6-4-9/h3-6,11H,7-8,15H2,1-2H3. The summed E-state index contributed by atoms with van der Waals surface area (Å²) in [7, 11) is 0. The van der Waals surface area contributed by atoms with Gasteiger partial charge in [0.15, 0.2) is 0 Å². The molecule has 1 amide bonds. The Morgan fingerprint density at radius 2 is 2.00 bits per heavy atom. The van der Waals surface area contributed by atoms with E-state index in [1.807, 2.05) is 13.8 Å². The lowest BCUT2D eigenvalue weighted by Crippen LogP contribution is -2.42. The van der Waals surface area contributed by atoms with E-state index in [0.717, 1.165) is 6.42 Å². The highest BCUT2D eigenvalue weighted by Crippen LogP contribution is 2.29. The van der Waals surface area contributed by atoms with Gasteiger partial charge in [-0.1, -0.05) is 0 Å². The van der Waals surface area contributed by atoms with E-state index >= 15 is 0 Å². The zero-order valence-electron chi connectivity index (χ0n) is 10.1. The molecule has 0 bridgehead atoms. The second-order valence-electron chi connectivity index (χ2n) is 5.20. The number of likely N-dealkylation sites (tertiary alicyclic amines) is 1. The van der Waals surface area contributed by atoms with Gasteiger partial charge in [0, 0.05) is 23.7 Å². The Kier molecular flexibility index (Phi) is 2.91. The summed E-state index contributed by atoms with van der Waals surface area (Å²) < 4.78 is 12.8. The third-order valence-corrected chi connectivity index (χ3v) is 3.25. The molecule has 1 fully saturated rings. The molecule has 3 nitrogen and oxygen atoms in total. The fourth-order valence-corrected chi connectivity index (χ4v) is 2.40. The smallest absolute Gasteiger partial charge is 0.254 e. The average molecular weight is 236 g/mol. The molecule has 0 aromatic heterocycles. The summed E-state index contributed by atoms with van der Waals surface area (Å²) >= 11 is 0. The van der Waals surface area contributed by atoms with Crippen molar-refractivity contribution >= 4 is 5.91 Å². The first-order valence-electron chi connectivity index (χ1n) is 5.73. The van der Waals surface area contributed by atoms with Crippen molar-refractivity contribution in [2.24, 2.45) is 5.73 Å². The van der Waals surface area contributed by atoms with E-state index in [1.165, 1.54) is 24.3 Å². The number of nitrogens with zero attached hydrogens (tertiary/aromatic N) is 1. The van der Waals surface area contributed by atoms with E-state index in [1.54, 1.807) is 4.90 Å². The molecule has 1 aromatic carbocycles. The van der Waals surface area contributed by atoms with Crippen LogP contribution in [0.25, 0.3) is 0 Å². The lowest BCUT2D eigenvalue weighted by Gasteiger charge is -2.31. The molecule has 1 saturated heterocycles. The number of benzene rings is 1. The number of rotatable bonds is 1. The molecule has 1 aliphatic rings. The highest BCUT2D eigenvalue weighted by Gasteiger charge is 2.39. The van der Waals surface area contributed by atoms with Crippen LogP contribution in [0.4, 0.5) is 4.39 Å². The van der Waals surface area contributed by atoms with Crippen LogP contribution in [0, 0.1) is 5.82 Å². The first kappa shape index (κ1) is 12.0. The van der Waals surface area contributed by atoms with Crippen molar-refractivity contribution in [3.63, 3.8) is 0 Å². The van der Waals surface area contributed by atoms with Crippen LogP contribution >= 0.6 is 0 Å². The van der Waals surface area contributed by atoms with Crippen LogP contribution in [0.2, 0.25) is 0 Å². The van der Waals surface area contributed by atoms with Crippen molar-refractivity contribution in [3.05, 3.63) is 35.6 Å². The van der Waals surface area contributed by atoms with Gasteiger partial charge in [-0.25, -0.2) is 4.39 Å². The van der Waals surface area contributed by atoms with Crippen LogP contribution in [0.1, 0.15) is 30.6 Å². The largest absolute Gasteiger partial charge is 0.332 e. The summed E-state index contributed by atoms with van der Waals surface area (Å²) in [6.07, 6.45) is 0.792. The second-order valence-corrected chi connectivity index (χ2v) is 5.20. The topological polar surface area (TPSA) is 46.3 Å². The number of hydrogen-bond acceptors (Lipinski definition) is 2. The quantitative estimate of drug-likeness (QED) is 0.808. The van der Waals surface area contributed by atoms with Gasteiger partial charge in [0.25, 0.3) is 5.91 Å². The van der Waals surface area contributed by atoms with Crippen LogP contribution < -0.4 is 5.73 Å². The van der Waals surface area contributed by atoms with E-state index in [0.29, 0.717) is 12.1 Å². The van der Waals surface area contributed by atoms with Gasteiger partial charge >= 0.3 is 0 Å². The van der Waals surface area contributed by atoms with E-state index < -0.39 is 0 Å². The summed E-state index contributed by atoms with van der Waals surface area (Å²) in [5.74, 6) is -0.415. The molecule has 1 heterocycles. The second kappa shape index (κ2) is 4.11. The highest BCUT2D eigenvalue weighted by molar-refractivity contribution is 5.94. The van der Waals surface area contributed by atoms with Gasteiger partial charge in [0.2, 0.25) is 0 Å². The van der Waals surface area contributed by atoms with Crippen molar-refractivity contribution in [2.45, 2.75) is 31.8 Å². The number of carbonyl (C=O) groups is 1. The molecule has 1 atom stereocenters. The van der Waals surface area contributed by atoms with Crippen molar-refractivity contribution in [1.29, 1.82) is 0 Å². The summed E-state index contributed by atoms with van der Waals surface area (Å²) in [6, 6.07) is 5.65. The molecule has 4 heteroatoms. The van der Waals surface area contributed by atoms with E-state index in [-0.39, 0.29) is 23.3 Å². The zero-order chi connectivity index (χ0) is 12.6. The van der Waals surface area contributed by atoms with Crippen molar-refractivity contribution < 1.29 is 9.18 Å². The summed E-state index contributed by atoms with van der Waals surface area (Å²) in [5, 5.41) is 0. The highest BCUT2D eigenvalue weighted by atomic mass is 19.1. The maximum atomic E-state index is 12.8. The van der Waals surface area contributed by atoms with Gasteiger partial charge in [0.05, 0.1) is 0 Å². The normalized spacial score (nSPS) is 22.8. The Labute approximate surface area is 100 Å². The summed E-state index contributed by atoms with van der Waals surface area (Å²) in [6.45, 7) is 4.56. The van der Waals surface area contributed by atoms with Gasteiger partial charge in [-0.05, 0) is 44.5 Å². The number of amides is 1. The van der Waals surface area contributed by atoms with Crippen LogP contribution in [0.15, 0.2) is 24.3 Å². The SMILES string of the molecule is CC1(C)CC(N)CN1C(=O)c1ccc(F)cc1. The number of halogens is 1. The van der Waals surface area contributed by atoms with E-state index in [9.17, 15) is 9.18 Å². The molecule has 92 valence electrons. The number of hydrogen-bond donors (Lipinski definition) is 1. The first-order valence-corrected chi connectivity index (χ1v) is 5.73. The molecular formula is C13H17FN2O. The maximum absolute atomic E-state index is 12.8. The molecule has 2 N–H and O–H groups in total. The zero-order valence-corrected chi connectivity index (χ0v) is 10.1. The molecule has 0 saturated carbocycles. The van der Waals surface area contributed by atoms with Gasteiger partial charge in [0.1, 0.15) is 5.82 Å². The summed E-state index contributed by atoms with van der Waals surface area (Å²) in [5.41, 5.74) is 6.16. The molecule has 2 rings (SSSR count). The molecule has 0 aliphatic carbocycles. The Bertz CT molecular complexity index is 428. The first-order chi connectivity index (χ1) is 7.90. The van der Waals surface area contributed by atoms with Crippen molar-refractivity contribution in [2.75, 3.05) is 6.54 Å². The molecular weight excluding hydrogens is 219 g/mol. The predicted molar refractivity (Wildman–Crippen MR) is 64.1 cm³/mol. The van der Waals surface area contributed by atoms with Crippen LogP contribution in [-0.4, -0.2) is 28.9 Å². The Morgan fingerprint density at radius 3 is 2.47 bits per heavy atom. The van der Waals surface area contributed by atoms with Crippen molar-refractivity contribution in [1.82, 2.24) is 4.90 Å².